The van der Waals surface area contributed by atoms with E-state index in [1.54, 1.807) is 0 Å². The molecular weight excluding hydrogens is 266 g/mol. The molecule has 0 fully saturated rings. The lowest BCUT2D eigenvalue weighted by molar-refractivity contribution is 0.630. The molecule has 2 heteroatoms. The first-order valence-electron chi connectivity index (χ1n) is 7.10. The molecule has 0 spiro atoms. The van der Waals surface area contributed by atoms with Crippen molar-refractivity contribution in [3.05, 3.63) is 69.2 Å². The number of aryl methyl sites for hydroxylation is 3. The normalized spacial score (nSPS) is 12.4. The summed E-state index contributed by atoms with van der Waals surface area (Å²) in [7, 11) is 0. The third kappa shape index (κ3) is 3.05. The molecule has 1 N–H and O–H groups in total. The fourth-order valence-electron chi connectivity index (χ4n) is 2.45. The van der Waals surface area contributed by atoms with Crippen LogP contribution in [-0.2, 0) is 0 Å². The van der Waals surface area contributed by atoms with Crippen molar-refractivity contribution in [2.45, 2.75) is 33.7 Å². The molecule has 0 aliphatic rings. The Bertz CT molecular complexity index is 604. The van der Waals surface area contributed by atoms with Gasteiger partial charge in [0, 0.05) is 5.02 Å². The second-order valence-electron chi connectivity index (χ2n) is 5.31. The summed E-state index contributed by atoms with van der Waals surface area (Å²) in [5.74, 6) is 0. The fourth-order valence-corrected chi connectivity index (χ4v) is 2.68. The summed E-state index contributed by atoms with van der Waals surface area (Å²) < 4.78 is 0. The van der Waals surface area contributed by atoms with Gasteiger partial charge >= 0.3 is 0 Å². The Labute approximate surface area is 127 Å². The molecule has 106 valence electrons. The van der Waals surface area contributed by atoms with Crippen molar-refractivity contribution in [3.63, 3.8) is 0 Å². The van der Waals surface area contributed by atoms with Gasteiger partial charge in [-0.1, -0.05) is 54.9 Å². The van der Waals surface area contributed by atoms with Gasteiger partial charge < -0.3 is 5.32 Å². The Morgan fingerprint density at radius 1 is 1.00 bits per heavy atom. The zero-order valence-electron chi connectivity index (χ0n) is 12.6. The van der Waals surface area contributed by atoms with Gasteiger partial charge in [0.25, 0.3) is 0 Å². The van der Waals surface area contributed by atoms with Crippen LogP contribution in [-0.4, -0.2) is 6.54 Å². The fraction of sp³-hybridized carbons (Fsp3) is 0.333. The second-order valence-corrected chi connectivity index (χ2v) is 5.69. The SMILES string of the molecule is CCNC(c1ccc(C)c(C)c1)c1cccc(C)c1Cl. The smallest absolute Gasteiger partial charge is 0.0591 e. The molecule has 0 amide bonds. The van der Waals surface area contributed by atoms with E-state index < -0.39 is 0 Å². The van der Waals surface area contributed by atoms with Gasteiger partial charge in [-0.15, -0.1) is 0 Å². The highest BCUT2D eigenvalue weighted by Gasteiger charge is 2.17. The first kappa shape index (κ1) is 15.1. The standard InChI is InChI=1S/C18H22ClN/c1-5-20-18(15-10-9-12(2)14(4)11-15)16-8-6-7-13(3)17(16)19/h6-11,18,20H,5H2,1-4H3. The summed E-state index contributed by atoms with van der Waals surface area (Å²) in [5, 5.41) is 4.40. The summed E-state index contributed by atoms with van der Waals surface area (Å²) in [4.78, 5) is 0. The number of nitrogens with one attached hydrogen (secondary N) is 1. The second kappa shape index (κ2) is 6.43. The van der Waals surface area contributed by atoms with Crippen LogP contribution in [0.25, 0.3) is 0 Å². The van der Waals surface area contributed by atoms with Crippen LogP contribution >= 0.6 is 11.6 Å². The van der Waals surface area contributed by atoms with Crippen molar-refractivity contribution in [1.29, 1.82) is 0 Å². The average Bonchev–Trinajstić information content (AvgIpc) is 2.43. The summed E-state index contributed by atoms with van der Waals surface area (Å²) in [6, 6.07) is 13.0. The molecule has 0 radical (unpaired) electrons. The molecule has 0 heterocycles. The zero-order chi connectivity index (χ0) is 14.7. The monoisotopic (exact) mass is 287 g/mol. The maximum absolute atomic E-state index is 6.50. The van der Waals surface area contributed by atoms with Gasteiger partial charge in [0.15, 0.2) is 0 Å². The van der Waals surface area contributed by atoms with Crippen molar-refractivity contribution < 1.29 is 0 Å². The summed E-state index contributed by atoms with van der Waals surface area (Å²) >= 11 is 6.50. The average molecular weight is 288 g/mol. The molecule has 2 rings (SSSR count). The molecule has 0 bridgehead atoms. The Morgan fingerprint density at radius 3 is 2.40 bits per heavy atom. The van der Waals surface area contributed by atoms with Crippen molar-refractivity contribution in [3.8, 4) is 0 Å². The van der Waals surface area contributed by atoms with E-state index in [1.807, 2.05) is 0 Å². The van der Waals surface area contributed by atoms with Crippen LogP contribution in [0.1, 0.15) is 40.8 Å². The van der Waals surface area contributed by atoms with E-state index in [0.717, 1.165) is 22.7 Å². The van der Waals surface area contributed by atoms with E-state index in [9.17, 15) is 0 Å². The topological polar surface area (TPSA) is 12.0 Å². The van der Waals surface area contributed by atoms with Crippen LogP contribution in [0.15, 0.2) is 36.4 Å². The predicted octanol–water partition coefficient (Wildman–Crippen LogP) is 4.96. The Balaban J connectivity index is 2.50. The largest absolute Gasteiger partial charge is 0.306 e. The van der Waals surface area contributed by atoms with E-state index in [2.05, 4.69) is 69.4 Å². The van der Waals surface area contributed by atoms with Gasteiger partial charge in [-0.2, -0.15) is 0 Å². The van der Waals surface area contributed by atoms with E-state index in [1.165, 1.54) is 16.7 Å². The molecule has 0 aliphatic heterocycles. The lowest BCUT2D eigenvalue weighted by atomic mass is 9.94. The highest BCUT2D eigenvalue weighted by atomic mass is 35.5. The first-order chi connectivity index (χ1) is 9.54. The van der Waals surface area contributed by atoms with Crippen LogP contribution in [0.4, 0.5) is 0 Å². The van der Waals surface area contributed by atoms with Crippen LogP contribution < -0.4 is 5.32 Å². The van der Waals surface area contributed by atoms with Crippen LogP contribution in [0.2, 0.25) is 5.02 Å². The third-order valence-electron chi connectivity index (χ3n) is 3.81. The van der Waals surface area contributed by atoms with Crippen LogP contribution in [0.5, 0.6) is 0 Å². The van der Waals surface area contributed by atoms with E-state index in [4.69, 9.17) is 11.6 Å². The Kier molecular flexibility index (Phi) is 4.85. The van der Waals surface area contributed by atoms with E-state index in [0.29, 0.717) is 0 Å². The Morgan fingerprint density at radius 2 is 1.75 bits per heavy atom. The minimum atomic E-state index is 0.145. The van der Waals surface area contributed by atoms with E-state index in [-0.39, 0.29) is 6.04 Å². The number of hydrogen-bond donors (Lipinski definition) is 1. The molecule has 0 aromatic heterocycles. The van der Waals surface area contributed by atoms with Gasteiger partial charge in [0.05, 0.1) is 6.04 Å². The summed E-state index contributed by atoms with van der Waals surface area (Å²) in [5.41, 5.74) is 6.17. The third-order valence-corrected chi connectivity index (χ3v) is 4.32. The first-order valence-corrected chi connectivity index (χ1v) is 7.48. The summed E-state index contributed by atoms with van der Waals surface area (Å²) in [6.07, 6.45) is 0. The number of hydrogen-bond acceptors (Lipinski definition) is 1. The van der Waals surface area contributed by atoms with E-state index >= 15 is 0 Å². The van der Waals surface area contributed by atoms with Crippen LogP contribution in [0, 0.1) is 20.8 Å². The molecule has 1 atom stereocenters. The van der Waals surface area contributed by atoms with Gasteiger partial charge in [0.2, 0.25) is 0 Å². The molecule has 1 nitrogen and oxygen atoms in total. The molecule has 2 aromatic rings. The van der Waals surface area contributed by atoms with Gasteiger partial charge in [-0.25, -0.2) is 0 Å². The van der Waals surface area contributed by atoms with Crippen molar-refractivity contribution in [2.24, 2.45) is 0 Å². The molecule has 0 aliphatic carbocycles. The van der Waals surface area contributed by atoms with Gasteiger partial charge in [0.1, 0.15) is 0 Å². The van der Waals surface area contributed by atoms with Crippen LogP contribution in [0.3, 0.4) is 0 Å². The van der Waals surface area contributed by atoms with Gasteiger partial charge in [-0.3, -0.25) is 0 Å². The van der Waals surface area contributed by atoms with Crippen molar-refractivity contribution >= 4 is 11.6 Å². The maximum atomic E-state index is 6.50. The number of rotatable bonds is 4. The zero-order valence-corrected chi connectivity index (χ0v) is 13.4. The molecule has 0 saturated heterocycles. The quantitative estimate of drug-likeness (QED) is 0.838. The number of benzene rings is 2. The minimum absolute atomic E-state index is 0.145. The maximum Gasteiger partial charge on any atom is 0.0591 e. The number of halogens is 1. The van der Waals surface area contributed by atoms with Gasteiger partial charge in [-0.05, 0) is 55.1 Å². The molecular formula is C18H22ClN. The lowest BCUT2D eigenvalue weighted by Gasteiger charge is -2.22. The van der Waals surface area contributed by atoms with Crippen molar-refractivity contribution in [2.75, 3.05) is 6.54 Å². The highest BCUT2D eigenvalue weighted by Crippen LogP contribution is 2.31. The minimum Gasteiger partial charge on any atom is -0.306 e. The summed E-state index contributed by atoms with van der Waals surface area (Å²) in [6.45, 7) is 9.37. The molecule has 1 unspecified atom stereocenters. The molecule has 20 heavy (non-hydrogen) atoms. The predicted molar refractivity (Wildman–Crippen MR) is 87.6 cm³/mol. The molecule has 2 aromatic carbocycles. The Hall–Kier alpha value is -1.31. The van der Waals surface area contributed by atoms with Crippen molar-refractivity contribution in [1.82, 2.24) is 5.32 Å². The highest BCUT2D eigenvalue weighted by molar-refractivity contribution is 6.32. The lowest BCUT2D eigenvalue weighted by Crippen LogP contribution is -2.22. The molecule has 0 saturated carbocycles.